The number of benzene rings is 1. The fraction of sp³-hybridized carbons (Fsp3) is 0.0833. The molecule has 0 radical (unpaired) electrons. The van der Waals surface area contributed by atoms with Gasteiger partial charge in [-0.15, -0.1) is 0 Å². The first-order chi connectivity index (χ1) is 9.16. The summed E-state index contributed by atoms with van der Waals surface area (Å²) in [5.74, 6) is -0.606. The highest BCUT2D eigenvalue weighted by Crippen LogP contribution is 2.22. The Kier molecular flexibility index (Phi) is 2.52. The molecular weight excluding hydrogens is 251 g/mol. The maximum Gasteiger partial charge on any atom is 0.292 e. The highest BCUT2D eigenvalue weighted by molar-refractivity contribution is 5.81. The molecule has 0 aliphatic rings. The zero-order chi connectivity index (χ0) is 13.4. The summed E-state index contributed by atoms with van der Waals surface area (Å²) >= 11 is 0. The van der Waals surface area contributed by atoms with Gasteiger partial charge in [0.05, 0.1) is 18.1 Å². The predicted molar refractivity (Wildman–Crippen MR) is 65.3 cm³/mol. The molecule has 0 aliphatic carbocycles. The maximum absolute atomic E-state index is 13.5. The number of aromatic hydroxyl groups is 1. The third kappa shape index (κ3) is 1.85. The van der Waals surface area contributed by atoms with Gasteiger partial charge in [0.25, 0.3) is 5.56 Å². The quantitative estimate of drug-likeness (QED) is 0.720. The highest BCUT2D eigenvalue weighted by atomic mass is 19.1. The third-order valence-corrected chi connectivity index (χ3v) is 2.81. The number of halogens is 1. The Morgan fingerprint density at radius 3 is 2.89 bits per heavy atom. The zero-order valence-corrected chi connectivity index (χ0v) is 9.67. The van der Waals surface area contributed by atoms with Gasteiger partial charge < -0.3 is 5.11 Å². The Labute approximate surface area is 106 Å². The molecule has 0 bridgehead atoms. The van der Waals surface area contributed by atoms with Gasteiger partial charge in [0, 0.05) is 5.56 Å². The molecule has 6 nitrogen and oxygen atoms in total. The van der Waals surface area contributed by atoms with Gasteiger partial charge >= 0.3 is 0 Å². The van der Waals surface area contributed by atoms with E-state index in [0.717, 1.165) is 0 Å². The minimum atomic E-state index is -0.500. The second-order valence-corrected chi connectivity index (χ2v) is 4.03. The summed E-state index contributed by atoms with van der Waals surface area (Å²) in [7, 11) is 0. The van der Waals surface area contributed by atoms with Crippen molar-refractivity contribution in [3.63, 3.8) is 0 Å². The molecule has 0 aliphatic heterocycles. The molecule has 2 heterocycles. The van der Waals surface area contributed by atoms with E-state index in [0.29, 0.717) is 5.56 Å². The standard InChI is InChI=1S/C12H9FN4O2/c13-9-4-2-1-3-7(9)6-17-12(19)8-5-14-15-11(18)10(8)16-17/h1-5,19H,6H2,(H,15,18). The summed E-state index contributed by atoms with van der Waals surface area (Å²) < 4.78 is 14.7. The summed E-state index contributed by atoms with van der Waals surface area (Å²) in [6.07, 6.45) is 1.30. The Morgan fingerprint density at radius 1 is 1.37 bits per heavy atom. The summed E-state index contributed by atoms with van der Waals surface area (Å²) in [4.78, 5) is 11.5. The van der Waals surface area contributed by atoms with Crippen molar-refractivity contribution in [2.45, 2.75) is 6.54 Å². The normalized spacial score (nSPS) is 11.0. The Hall–Kier alpha value is -2.70. The Bertz CT molecular complexity index is 809. The molecule has 19 heavy (non-hydrogen) atoms. The second kappa shape index (κ2) is 4.20. The van der Waals surface area contributed by atoms with E-state index in [1.165, 1.54) is 16.9 Å². The van der Waals surface area contributed by atoms with Gasteiger partial charge in [-0.25, -0.2) is 14.2 Å². The smallest absolute Gasteiger partial charge is 0.292 e. The van der Waals surface area contributed by atoms with Crippen LogP contribution in [-0.2, 0) is 6.54 Å². The summed E-state index contributed by atoms with van der Waals surface area (Å²) in [6.45, 7) is 0.0344. The monoisotopic (exact) mass is 260 g/mol. The van der Waals surface area contributed by atoms with Crippen LogP contribution in [0, 0.1) is 5.82 Å². The van der Waals surface area contributed by atoms with Crippen molar-refractivity contribution >= 4 is 10.9 Å². The molecule has 2 N–H and O–H groups in total. The number of fused-ring (bicyclic) bond motifs is 1. The van der Waals surface area contributed by atoms with Crippen molar-refractivity contribution in [2.24, 2.45) is 0 Å². The van der Waals surface area contributed by atoms with E-state index in [1.807, 2.05) is 0 Å². The van der Waals surface area contributed by atoms with Crippen LogP contribution in [0.25, 0.3) is 10.9 Å². The lowest BCUT2D eigenvalue weighted by molar-refractivity contribution is 0.412. The van der Waals surface area contributed by atoms with Crippen molar-refractivity contribution in [3.8, 4) is 5.88 Å². The average molecular weight is 260 g/mol. The summed E-state index contributed by atoms with van der Waals surface area (Å²) in [5.41, 5.74) is -0.0566. The van der Waals surface area contributed by atoms with Crippen LogP contribution in [0.3, 0.4) is 0 Å². The van der Waals surface area contributed by atoms with Crippen LogP contribution in [0.1, 0.15) is 5.56 Å². The molecule has 2 aromatic heterocycles. The van der Waals surface area contributed by atoms with Crippen LogP contribution >= 0.6 is 0 Å². The van der Waals surface area contributed by atoms with Crippen LogP contribution in [0.2, 0.25) is 0 Å². The molecule has 0 spiro atoms. The molecular formula is C12H9FN4O2. The maximum atomic E-state index is 13.5. The van der Waals surface area contributed by atoms with Gasteiger partial charge in [0.15, 0.2) is 5.52 Å². The largest absolute Gasteiger partial charge is 0.493 e. The van der Waals surface area contributed by atoms with Crippen LogP contribution in [0.5, 0.6) is 5.88 Å². The lowest BCUT2D eigenvalue weighted by atomic mass is 10.2. The Balaban J connectivity index is 2.12. The van der Waals surface area contributed by atoms with E-state index >= 15 is 0 Å². The first kappa shape index (κ1) is 11.4. The molecule has 0 unspecified atom stereocenters. The Morgan fingerprint density at radius 2 is 2.16 bits per heavy atom. The van der Waals surface area contributed by atoms with E-state index in [4.69, 9.17) is 0 Å². The molecule has 0 fully saturated rings. The fourth-order valence-corrected chi connectivity index (χ4v) is 1.86. The fourth-order valence-electron chi connectivity index (χ4n) is 1.86. The van der Waals surface area contributed by atoms with Gasteiger partial charge in [0.2, 0.25) is 5.88 Å². The lowest BCUT2D eigenvalue weighted by Crippen LogP contribution is -2.08. The molecule has 1 aromatic carbocycles. The van der Waals surface area contributed by atoms with Crippen molar-refractivity contribution < 1.29 is 9.50 Å². The van der Waals surface area contributed by atoms with Gasteiger partial charge in [0.1, 0.15) is 5.82 Å². The van der Waals surface area contributed by atoms with E-state index < -0.39 is 11.4 Å². The van der Waals surface area contributed by atoms with Gasteiger partial charge in [-0.1, -0.05) is 18.2 Å². The van der Waals surface area contributed by atoms with Crippen LogP contribution < -0.4 is 5.56 Å². The number of H-pyrrole nitrogens is 1. The second-order valence-electron chi connectivity index (χ2n) is 4.03. The van der Waals surface area contributed by atoms with Gasteiger partial charge in [-0.2, -0.15) is 10.2 Å². The van der Waals surface area contributed by atoms with E-state index in [9.17, 15) is 14.3 Å². The minimum Gasteiger partial charge on any atom is -0.493 e. The van der Waals surface area contributed by atoms with Crippen LogP contribution in [0.15, 0.2) is 35.3 Å². The number of nitrogens with one attached hydrogen (secondary N) is 1. The molecule has 7 heteroatoms. The lowest BCUT2D eigenvalue weighted by Gasteiger charge is -2.04. The molecule has 0 atom stereocenters. The minimum absolute atomic E-state index is 0.0344. The first-order valence-electron chi connectivity index (χ1n) is 5.53. The van der Waals surface area contributed by atoms with E-state index in [1.54, 1.807) is 18.2 Å². The molecule has 3 rings (SSSR count). The van der Waals surface area contributed by atoms with Crippen molar-refractivity contribution in [1.82, 2.24) is 20.0 Å². The number of aromatic amines is 1. The number of rotatable bonds is 2. The first-order valence-corrected chi connectivity index (χ1v) is 5.53. The van der Waals surface area contributed by atoms with E-state index in [2.05, 4.69) is 15.3 Å². The number of hydrogen-bond donors (Lipinski definition) is 2. The molecule has 0 saturated carbocycles. The average Bonchev–Trinajstić information content (AvgIpc) is 2.72. The third-order valence-electron chi connectivity index (χ3n) is 2.81. The molecule has 0 saturated heterocycles. The van der Waals surface area contributed by atoms with Crippen LogP contribution in [-0.4, -0.2) is 25.1 Å². The summed E-state index contributed by atoms with van der Waals surface area (Å²) in [5, 5.41) is 20.0. The summed E-state index contributed by atoms with van der Waals surface area (Å²) in [6, 6.07) is 6.17. The molecule has 0 amide bonds. The van der Waals surface area contributed by atoms with Crippen LogP contribution in [0.4, 0.5) is 4.39 Å². The van der Waals surface area contributed by atoms with Crippen molar-refractivity contribution in [1.29, 1.82) is 0 Å². The van der Waals surface area contributed by atoms with Gasteiger partial charge in [-0.05, 0) is 6.07 Å². The highest BCUT2D eigenvalue weighted by Gasteiger charge is 2.14. The van der Waals surface area contributed by atoms with E-state index in [-0.39, 0.29) is 23.3 Å². The number of nitrogens with zero attached hydrogens (tertiary/aromatic N) is 3. The number of hydrogen-bond acceptors (Lipinski definition) is 4. The topological polar surface area (TPSA) is 83.8 Å². The zero-order valence-electron chi connectivity index (χ0n) is 9.67. The van der Waals surface area contributed by atoms with Gasteiger partial charge in [-0.3, -0.25) is 4.79 Å². The number of aromatic nitrogens is 4. The van der Waals surface area contributed by atoms with Crippen molar-refractivity contribution in [2.75, 3.05) is 0 Å². The predicted octanol–water partition coefficient (Wildman–Crippen LogP) is 1.01. The van der Waals surface area contributed by atoms with Crippen molar-refractivity contribution in [3.05, 3.63) is 52.2 Å². The molecule has 96 valence electrons. The SMILES string of the molecule is O=c1[nH]ncc2c(O)n(Cc3ccccc3F)nc12. The molecule has 3 aromatic rings.